The number of aromatic nitrogens is 2. The van der Waals surface area contributed by atoms with Crippen LogP contribution in [-0.4, -0.2) is 23.0 Å². The van der Waals surface area contributed by atoms with E-state index in [1.165, 1.54) is 7.11 Å². The molecule has 0 atom stereocenters. The molecule has 23 heavy (non-hydrogen) atoms. The van der Waals surface area contributed by atoms with Crippen molar-refractivity contribution in [2.45, 2.75) is 13.8 Å². The van der Waals surface area contributed by atoms with Crippen LogP contribution in [0.4, 0.5) is 0 Å². The first-order valence-electron chi connectivity index (χ1n) is 6.89. The van der Waals surface area contributed by atoms with Crippen LogP contribution in [0.3, 0.4) is 0 Å². The first kappa shape index (κ1) is 19.0. The van der Waals surface area contributed by atoms with Crippen molar-refractivity contribution >= 4 is 27.8 Å². The summed E-state index contributed by atoms with van der Waals surface area (Å²) >= 11 is 0. The molecule has 3 rings (SSSR count). The van der Waals surface area contributed by atoms with Crippen molar-refractivity contribution in [2.24, 2.45) is 0 Å². The molecule has 3 aromatic rings. The fourth-order valence-electron chi connectivity index (χ4n) is 2.05. The van der Waals surface area contributed by atoms with E-state index in [0.29, 0.717) is 0 Å². The first-order valence-corrected chi connectivity index (χ1v) is 6.89. The molecule has 0 bridgehead atoms. The maximum Gasteiger partial charge on any atom is 0.329 e. The summed E-state index contributed by atoms with van der Waals surface area (Å²) in [5.41, 5.74) is 4.06. The fourth-order valence-corrected chi connectivity index (χ4v) is 2.05. The molecule has 0 aliphatic heterocycles. The van der Waals surface area contributed by atoms with Crippen LogP contribution >= 0.6 is 0 Å². The second-order valence-electron chi connectivity index (χ2n) is 4.84. The molecule has 5 heteroatoms. The maximum absolute atomic E-state index is 9.84. The third-order valence-corrected chi connectivity index (χ3v) is 3.17. The Balaban J connectivity index is 0.000000330. The van der Waals surface area contributed by atoms with Crippen LogP contribution in [0.2, 0.25) is 0 Å². The molecule has 4 nitrogen and oxygen atoms in total. The molecular weight excluding hydrogens is 471 g/mol. The van der Waals surface area contributed by atoms with E-state index in [1.807, 2.05) is 26.0 Å². The number of nitrogens with zero attached hydrogens (tertiary/aromatic N) is 2. The van der Waals surface area contributed by atoms with Crippen molar-refractivity contribution in [2.75, 3.05) is 7.11 Å². The second-order valence-corrected chi connectivity index (χ2v) is 4.84. The van der Waals surface area contributed by atoms with Gasteiger partial charge in [-0.1, -0.05) is 30.8 Å². The summed E-state index contributed by atoms with van der Waals surface area (Å²) in [5.74, 6) is -0.394. The summed E-state index contributed by atoms with van der Waals surface area (Å²) in [7, 11) is 1.31. The van der Waals surface area contributed by atoms with Crippen molar-refractivity contribution in [3.63, 3.8) is 0 Å². The maximum atomic E-state index is 9.84. The number of pyridine rings is 2. The zero-order chi connectivity index (χ0) is 16.1. The van der Waals surface area contributed by atoms with Gasteiger partial charge in [-0.25, -0.2) is 4.79 Å². The number of hydrogen-bond acceptors (Lipinski definition) is 4. The van der Waals surface area contributed by atoms with Gasteiger partial charge in [0.1, 0.15) is 0 Å². The topological polar surface area (TPSA) is 52.1 Å². The summed E-state index contributed by atoms with van der Waals surface area (Å²) in [4.78, 5) is 19.0. The summed E-state index contributed by atoms with van der Waals surface area (Å²) in [6.45, 7) is 7.17. The molecule has 0 saturated heterocycles. The van der Waals surface area contributed by atoms with Gasteiger partial charge in [-0.2, -0.15) is 0 Å². The number of ether oxygens (including phenoxy) is 1. The Labute approximate surface area is 149 Å². The molecule has 2 heterocycles. The summed E-state index contributed by atoms with van der Waals surface area (Å²) in [6, 6.07) is 12.5. The Morgan fingerprint density at radius 2 is 1.35 bits per heavy atom. The Kier molecular flexibility index (Phi) is 7.05. The number of carbonyl (C=O) groups excluding carboxylic acids is 1. The predicted octanol–water partition coefficient (Wildman–Crippen LogP) is 3.74. The molecule has 0 N–H and O–H groups in total. The summed E-state index contributed by atoms with van der Waals surface area (Å²) in [5, 5.41) is 2.30. The number of aryl methyl sites for hydroxylation is 2. The molecule has 0 aliphatic carbocycles. The quantitative estimate of drug-likeness (QED) is 0.297. The molecular formula is C18H18N2O2Pt. The number of esters is 1. The van der Waals surface area contributed by atoms with E-state index in [2.05, 4.69) is 45.5 Å². The van der Waals surface area contributed by atoms with E-state index < -0.39 is 5.97 Å². The van der Waals surface area contributed by atoms with Gasteiger partial charge in [0.15, 0.2) is 0 Å². The van der Waals surface area contributed by atoms with Crippen LogP contribution in [0.15, 0.2) is 49.1 Å². The van der Waals surface area contributed by atoms with E-state index in [4.69, 9.17) is 0 Å². The molecule has 0 aliphatic rings. The number of methoxy groups -OCH3 is 1. The second kappa shape index (κ2) is 8.54. The first-order chi connectivity index (χ1) is 10.5. The average Bonchev–Trinajstić information content (AvgIpc) is 2.54. The molecule has 122 valence electrons. The van der Waals surface area contributed by atoms with E-state index in [-0.39, 0.29) is 21.1 Å². The van der Waals surface area contributed by atoms with Crippen molar-refractivity contribution in [1.29, 1.82) is 0 Å². The van der Waals surface area contributed by atoms with E-state index in [0.717, 1.165) is 39.3 Å². The van der Waals surface area contributed by atoms with Gasteiger partial charge in [0.05, 0.1) is 18.1 Å². The van der Waals surface area contributed by atoms with E-state index >= 15 is 0 Å². The molecule has 0 saturated carbocycles. The minimum absolute atomic E-state index is 0. The monoisotopic (exact) mass is 489 g/mol. The van der Waals surface area contributed by atoms with Gasteiger partial charge in [-0.3, -0.25) is 9.97 Å². The fraction of sp³-hybridized carbons (Fsp3) is 0.167. The van der Waals surface area contributed by atoms with Crippen molar-refractivity contribution in [1.82, 2.24) is 9.97 Å². The molecule has 2 aromatic heterocycles. The number of rotatable bonds is 1. The van der Waals surface area contributed by atoms with Crippen molar-refractivity contribution in [3.05, 3.63) is 60.4 Å². The van der Waals surface area contributed by atoms with Crippen LogP contribution in [0, 0.1) is 13.8 Å². The van der Waals surface area contributed by atoms with Crippen molar-refractivity contribution in [3.8, 4) is 0 Å². The van der Waals surface area contributed by atoms with Gasteiger partial charge >= 0.3 is 5.97 Å². The number of carbonyl (C=O) groups is 1. The minimum atomic E-state index is -0.394. The van der Waals surface area contributed by atoms with Crippen LogP contribution < -0.4 is 0 Å². The van der Waals surface area contributed by atoms with E-state index in [9.17, 15) is 4.79 Å². The Bertz CT molecular complexity index is 786. The molecule has 1 aromatic carbocycles. The largest absolute Gasteiger partial charge is 0.466 e. The van der Waals surface area contributed by atoms with Crippen molar-refractivity contribution < 1.29 is 30.6 Å². The average molecular weight is 489 g/mol. The van der Waals surface area contributed by atoms with Crippen LogP contribution in [0.25, 0.3) is 21.8 Å². The SMILES string of the molecule is C=CC(=O)OC.Cc1ccc2ccc3ccc(C)nc3c2n1.[Pt]. The minimum Gasteiger partial charge on any atom is -0.466 e. The summed E-state index contributed by atoms with van der Waals surface area (Å²) in [6.07, 6.45) is 1.11. The zero-order valence-corrected chi connectivity index (χ0v) is 15.5. The third kappa shape index (κ3) is 4.70. The van der Waals surface area contributed by atoms with Gasteiger partial charge in [-0.05, 0) is 26.0 Å². The number of fused-ring (bicyclic) bond motifs is 3. The third-order valence-electron chi connectivity index (χ3n) is 3.17. The Hall–Kier alpha value is -2.06. The molecule has 0 fully saturated rings. The number of benzene rings is 1. The molecule has 0 spiro atoms. The normalized spacial score (nSPS) is 9.52. The van der Waals surface area contributed by atoms with Gasteiger partial charge in [0.25, 0.3) is 0 Å². The number of hydrogen-bond donors (Lipinski definition) is 0. The Morgan fingerprint density at radius 3 is 1.65 bits per heavy atom. The van der Waals surface area contributed by atoms with E-state index in [1.54, 1.807) is 0 Å². The van der Waals surface area contributed by atoms with Gasteiger partial charge in [0, 0.05) is 49.3 Å². The van der Waals surface area contributed by atoms with Gasteiger partial charge in [-0.15, -0.1) is 0 Å². The van der Waals surface area contributed by atoms with Crippen LogP contribution in [0.5, 0.6) is 0 Å². The zero-order valence-electron chi connectivity index (χ0n) is 13.3. The molecule has 0 unspecified atom stereocenters. The van der Waals surface area contributed by atoms with Crippen LogP contribution in [-0.2, 0) is 30.6 Å². The summed E-state index contributed by atoms with van der Waals surface area (Å²) < 4.78 is 4.14. The predicted molar refractivity (Wildman–Crippen MR) is 88.7 cm³/mol. The Morgan fingerprint density at radius 1 is 0.957 bits per heavy atom. The van der Waals surface area contributed by atoms with Gasteiger partial charge in [0.2, 0.25) is 0 Å². The van der Waals surface area contributed by atoms with Crippen LogP contribution in [0.1, 0.15) is 11.4 Å². The standard InChI is InChI=1S/C14H12N2.C4H6O2.Pt/c1-9-3-5-11-7-8-12-6-4-10(2)16-14(12)13(11)15-9;1-3-4(5)6-2;/h3-8H,1-2H3;3H,1H2,2H3;. The van der Waals surface area contributed by atoms with Gasteiger partial charge < -0.3 is 4.74 Å². The molecule has 0 radical (unpaired) electrons. The molecule has 0 amide bonds. The smallest absolute Gasteiger partial charge is 0.329 e.